The number of sulfonamides is 1. The molecule has 0 fully saturated rings. The van der Waals surface area contributed by atoms with Crippen LogP contribution in [-0.2, 0) is 10.0 Å². The second-order valence-electron chi connectivity index (χ2n) is 3.29. The van der Waals surface area contributed by atoms with Crippen molar-refractivity contribution in [1.82, 2.24) is 15.0 Å². The molecule has 0 radical (unpaired) electrons. The lowest BCUT2D eigenvalue weighted by atomic mass is 10.5. The molecular weight excluding hydrogens is 264 g/mol. The topological polar surface area (TPSA) is 97.1 Å². The van der Waals surface area contributed by atoms with E-state index in [4.69, 9.17) is 17.3 Å². The van der Waals surface area contributed by atoms with Gasteiger partial charge in [0.25, 0.3) is 0 Å². The summed E-state index contributed by atoms with van der Waals surface area (Å²) in [7, 11) is -3.66. The number of hydrogen-bond acceptors (Lipinski definition) is 5. The third kappa shape index (κ3) is 4.12. The molecule has 8 heteroatoms. The van der Waals surface area contributed by atoms with Gasteiger partial charge in [-0.25, -0.2) is 18.1 Å². The van der Waals surface area contributed by atoms with Gasteiger partial charge in [-0.3, -0.25) is 0 Å². The van der Waals surface area contributed by atoms with Crippen LogP contribution < -0.4 is 15.8 Å². The highest BCUT2D eigenvalue weighted by atomic mass is 35.5. The van der Waals surface area contributed by atoms with E-state index in [1.807, 2.05) is 6.92 Å². The van der Waals surface area contributed by atoms with E-state index in [1.54, 1.807) is 0 Å². The first kappa shape index (κ1) is 14.2. The van der Waals surface area contributed by atoms with Crippen molar-refractivity contribution >= 4 is 27.4 Å². The highest BCUT2D eigenvalue weighted by molar-refractivity contribution is 7.89. The number of rotatable bonds is 6. The van der Waals surface area contributed by atoms with Crippen LogP contribution in [0.25, 0.3) is 0 Å². The van der Waals surface area contributed by atoms with Gasteiger partial charge in [0.2, 0.25) is 10.0 Å². The third-order valence-electron chi connectivity index (χ3n) is 1.98. The van der Waals surface area contributed by atoms with Crippen LogP contribution in [0.15, 0.2) is 17.2 Å². The van der Waals surface area contributed by atoms with Gasteiger partial charge in [-0.2, -0.15) is 0 Å². The van der Waals surface area contributed by atoms with Gasteiger partial charge in [0.15, 0.2) is 0 Å². The van der Waals surface area contributed by atoms with Gasteiger partial charge >= 0.3 is 0 Å². The molecule has 0 bridgehead atoms. The van der Waals surface area contributed by atoms with Crippen molar-refractivity contribution in [3.05, 3.63) is 17.3 Å². The zero-order valence-corrected chi connectivity index (χ0v) is 11.0. The average molecular weight is 279 g/mol. The van der Waals surface area contributed by atoms with Crippen LogP contribution in [0.5, 0.6) is 0 Å². The predicted molar refractivity (Wildman–Crippen MR) is 67.4 cm³/mol. The standard InChI is InChI=1S/C9H15ClN4O2S/c1-2-12-3-4-14-17(15,16)8-5-7(10)6-13-9(8)11/h5-6,12,14H,2-4H2,1H3,(H2,11,13). The molecule has 1 heterocycles. The first-order valence-electron chi connectivity index (χ1n) is 5.08. The van der Waals surface area contributed by atoms with Gasteiger partial charge < -0.3 is 11.1 Å². The molecule has 0 spiro atoms. The lowest BCUT2D eigenvalue weighted by Crippen LogP contribution is -2.32. The van der Waals surface area contributed by atoms with E-state index >= 15 is 0 Å². The second kappa shape index (κ2) is 6.15. The number of likely N-dealkylation sites (N-methyl/N-ethyl adjacent to an activating group) is 1. The second-order valence-corrected chi connectivity index (χ2v) is 5.46. The summed E-state index contributed by atoms with van der Waals surface area (Å²) in [5.74, 6) is -0.0645. The Morgan fingerprint density at radius 3 is 2.82 bits per heavy atom. The van der Waals surface area contributed by atoms with Crippen molar-refractivity contribution in [2.24, 2.45) is 0 Å². The third-order valence-corrected chi connectivity index (χ3v) is 3.68. The molecule has 1 rings (SSSR count). The van der Waals surface area contributed by atoms with Crippen molar-refractivity contribution in [2.45, 2.75) is 11.8 Å². The van der Waals surface area contributed by atoms with Crippen LogP contribution in [0, 0.1) is 0 Å². The Hall–Kier alpha value is -0.890. The van der Waals surface area contributed by atoms with E-state index < -0.39 is 10.0 Å². The number of nitrogen functional groups attached to an aromatic ring is 1. The molecule has 1 aromatic rings. The maximum Gasteiger partial charge on any atom is 0.244 e. The molecule has 0 saturated carbocycles. The predicted octanol–water partition coefficient (Wildman–Crippen LogP) is 0.205. The van der Waals surface area contributed by atoms with Crippen molar-refractivity contribution in [3.63, 3.8) is 0 Å². The van der Waals surface area contributed by atoms with Gasteiger partial charge in [-0.1, -0.05) is 18.5 Å². The van der Waals surface area contributed by atoms with E-state index in [0.717, 1.165) is 6.54 Å². The zero-order valence-electron chi connectivity index (χ0n) is 9.40. The maximum absolute atomic E-state index is 11.9. The monoisotopic (exact) mass is 278 g/mol. The molecule has 0 aliphatic carbocycles. The van der Waals surface area contributed by atoms with Crippen molar-refractivity contribution in [1.29, 1.82) is 0 Å². The van der Waals surface area contributed by atoms with Crippen LogP contribution in [0.3, 0.4) is 0 Å². The number of nitrogens with two attached hydrogens (primary N) is 1. The first-order chi connectivity index (χ1) is 7.97. The molecule has 0 saturated heterocycles. The molecule has 0 atom stereocenters. The van der Waals surface area contributed by atoms with E-state index in [-0.39, 0.29) is 22.3 Å². The summed E-state index contributed by atoms with van der Waals surface area (Å²) >= 11 is 5.68. The molecule has 96 valence electrons. The van der Waals surface area contributed by atoms with E-state index in [1.165, 1.54) is 12.3 Å². The Balaban J connectivity index is 2.79. The van der Waals surface area contributed by atoms with Gasteiger partial charge in [0.05, 0.1) is 5.02 Å². The van der Waals surface area contributed by atoms with Crippen LogP contribution >= 0.6 is 11.6 Å². The first-order valence-corrected chi connectivity index (χ1v) is 6.95. The summed E-state index contributed by atoms with van der Waals surface area (Å²) in [5.41, 5.74) is 5.50. The summed E-state index contributed by atoms with van der Waals surface area (Å²) in [6.07, 6.45) is 1.30. The fraction of sp³-hybridized carbons (Fsp3) is 0.444. The fourth-order valence-electron chi connectivity index (χ4n) is 1.17. The summed E-state index contributed by atoms with van der Waals surface area (Å²) in [5, 5.41) is 3.23. The maximum atomic E-state index is 11.9. The highest BCUT2D eigenvalue weighted by Crippen LogP contribution is 2.19. The number of halogens is 1. The molecule has 0 aliphatic heterocycles. The molecule has 0 amide bonds. The lowest BCUT2D eigenvalue weighted by Gasteiger charge is -2.08. The van der Waals surface area contributed by atoms with E-state index in [9.17, 15) is 8.42 Å². The molecular formula is C9H15ClN4O2S. The Morgan fingerprint density at radius 2 is 2.18 bits per heavy atom. The minimum atomic E-state index is -3.66. The Morgan fingerprint density at radius 1 is 1.47 bits per heavy atom. The lowest BCUT2D eigenvalue weighted by molar-refractivity contribution is 0.577. The number of nitrogens with one attached hydrogen (secondary N) is 2. The number of pyridine rings is 1. The van der Waals surface area contributed by atoms with Gasteiger partial charge in [-0.15, -0.1) is 0 Å². The molecule has 4 N–H and O–H groups in total. The smallest absolute Gasteiger partial charge is 0.244 e. The largest absolute Gasteiger partial charge is 0.383 e. The van der Waals surface area contributed by atoms with Gasteiger partial charge in [0.1, 0.15) is 10.7 Å². The summed E-state index contributed by atoms with van der Waals surface area (Å²) in [6, 6.07) is 1.28. The van der Waals surface area contributed by atoms with E-state index in [0.29, 0.717) is 6.54 Å². The molecule has 17 heavy (non-hydrogen) atoms. The Labute approximate surface area is 106 Å². The van der Waals surface area contributed by atoms with Crippen LogP contribution in [0.2, 0.25) is 5.02 Å². The molecule has 0 aliphatic rings. The zero-order chi connectivity index (χ0) is 12.9. The van der Waals surface area contributed by atoms with Crippen LogP contribution in [-0.4, -0.2) is 33.0 Å². The number of anilines is 1. The van der Waals surface area contributed by atoms with Crippen LogP contribution in [0.4, 0.5) is 5.82 Å². The number of aromatic nitrogens is 1. The Bertz CT molecular complexity index is 478. The minimum Gasteiger partial charge on any atom is -0.383 e. The van der Waals surface area contributed by atoms with Crippen molar-refractivity contribution in [2.75, 3.05) is 25.4 Å². The van der Waals surface area contributed by atoms with Gasteiger partial charge in [-0.05, 0) is 12.6 Å². The number of nitrogens with zero attached hydrogens (tertiary/aromatic N) is 1. The van der Waals surface area contributed by atoms with E-state index in [2.05, 4.69) is 15.0 Å². The molecule has 6 nitrogen and oxygen atoms in total. The normalized spacial score (nSPS) is 11.6. The molecule has 1 aromatic heterocycles. The van der Waals surface area contributed by atoms with Crippen molar-refractivity contribution < 1.29 is 8.42 Å². The highest BCUT2D eigenvalue weighted by Gasteiger charge is 2.18. The summed E-state index contributed by atoms with van der Waals surface area (Å²) in [4.78, 5) is 3.60. The summed E-state index contributed by atoms with van der Waals surface area (Å²) in [6.45, 7) is 3.54. The molecule has 0 unspecified atom stereocenters. The quantitative estimate of drug-likeness (QED) is 0.646. The summed E-state index contributed by atoms with van der Waals surface area (Å²) < 4.78 is 26.1. The van der Waals surface area contributed by atoms with Crippen LogP contribution in [0.1, 0.15) is 6.92 Å². The fourth-order valence-corrected chi connectivity index (χ4v) is 2.53. The SMILES string of the molecule is CCNCCNS(=O)(=O)c1cc(Cl)cnc1N. The molecule has 0 aromatic carbocycles. The number of hydrogen-bond donors (Lipinski definition) is 3. The van der Waals surface area contributed by atoms with Gasteiger partial charge in [0, 0.05) is 19.3 Å². The Kier molecular flexibility index (Phi) is 5.13. The average Bonchev–Trinajstić information content (AvgIpc) is 2.28. The minimum absolute atomic E-state index is 0.0645. The van der Waals surface area contributed by atoms with Crippen molar-refractivity contribution in [3.8, 4) is 0 Å².